The second-order valence-corrected chi connectivity index (χ2v) is 15.3. The van der Waals surface area contributed by atoms with Crippen molar-refractivity contribution in [3.63, 3.8) is 0 Å². The zero-order valence-corrected chi connectivity index (χ0v) is 38.9. The quantitative estimate of drug-likeness (QED) is 0.0201. The van der Waals surface area contributed by atoms with Gasteiger partial charge in [0, 0.05) is 19.3 Å². The summed E-state index contributed by atoms with van der Waals surface area (Å²) in [5.74, 6) is -0.994. The Labute approximate surface area is 373 Å². The number of hydrogen-bond acceptors (Lipinski definition) is 6. The van der Waals surface area contributed by atoms with Crippen LogP contribution in [-0.2, 0) is 28.6 Å². The molecule has 6 nitrogen and oxygen atoms in total. The summed E-state index contributed by atoms with van der Waals surface area (Å²) in [6.45, 7) is 6.18. The largest absolute Gasteiger partial charge is 0.462 e. The third-order valence-electron chi connectivity index (χ3n) is 9.57. The molecule has 0 spiro atoms. The van der Waals surface area contributed by atoms with Gasteiger partial charge in [-0.2, -0.15) is 0 Å². The van der Waals surface area contributed by atoms with E-state index >= 15 is 0 Å². The minimum Gasteiger partial charge on any atom is -0.462 e. The van der Waals surface area contributed by atoms with Gasteiger partial charge < -0.3 is 14.2 Å². The molecule has 0 amide bonds. The zero-order chi connectivity index (χ0) is 44.4. The fraction of sp³-hybridized carbons (Fsp3) is 0.582. The molecule has 6 heteroatoms. The molecular formula is C55H86O6. The average Bonchev–Trinajstić information content (AvgIpc) is 3.26. The van der Waals surface area contributed by atoms with Crippen LogP contribution in [0.1, 0.15) is 188 Å². The summed E-state index contributed by atoms with van der Waals surface area (Å²) in [5, 5.41) is 0. The highest BCUT2D eigenvalue weighted by Gasteiger charge is 2.19. The highest BCUT2D eigenvalue weighted by Crippen LogP contribution is 2.13. The second kappa shape index (κ2) is 48.5. The molecule has 0 bridgehead atoms. The predicted octanol–water partition coefficient (Wildman–Crippen LogP) is 15.7. The molecule has 342 valence electrons. The molecule has 0 aliphatic rings. The van der Waals surface area contributed by atoms with E-state index in [0.29, 0.717) is 12.8 Å². The van der Waals surface area contributed by atoms with Crippen LogP contribution < -0.4 is 0 Å². The third kappa shape index (κ3) is 46.7. The molecule has 1 unspecified atom stereocenters. The van der Waals surface area contributed by atoms with Crippen molar-refractivity contribution in [1.29, 1.82) is 0 Å². The van der Waals surface area contributed by atoms with E-state index in [1.807, 2.05) is 48.6 Å². The highest BCUT2D eigenvalue weighted by atomic mass is 16.6. The molecule has 1 atom stereocenters. The van der Waals surface area contributed by atoms with E-state index in [1.165, 1.54) is 25.7 Å². The van der Waals surface area contributed by atoms with Gasteiger partial charge in [-0.05, 0) is 96.3 Å². The summed E-state index contributed by atoms with van der Waals surface area (Å²) in [5.41, 5.74) is 0. The maximum absolute atomic E-state index is 12.8. The van der Waals surface area contributed by atoms with Gasteiger partial charge in [0.05, 0.1) is 0 Å². The molecule has 0 aromatic heterocycles. The van der Waals surface area contributed by atoms with Crippen molar-refractivity contribution in [2.45, 2.75) is 194 Å². The summed E-state index contributed by atoms with van der Waals surface area (Å²) in [4.78, 5) is 37.9. The molecule has 0 aromatic rings. The van der Waals surface area contributed by atoms with Gasteiger partial charge in [0.25, 0.3) is 0 Å². The smallest absolute Gasteiger partial charge is 0.306 e. The zero-order valence-electron chi connectivity index (χ0n) is 38.9. The van der Waals surface area contributed by atoms with Crippen molar-refractivity contribution in [2.24, 2.45) is 0 Å². The van der Waals surface area contributed by atoms with E-state index in [0.717, 1.165) is 122 Å². The second-order valence-electron chi connectivity index (χ2n) is 15.3. The lowest BCUT2D eigenvalue weighted by Gasteiger charge is -2.18. The molecule has 0 heterocycles. The number of hydrogen-bond donors (Lipinski definition) is 0. The Morgan fingerprint density at radius 3 is 1.13 bits per heavy atom. The summed E-state index contributed by atoms with van der Waals surface area (Å²) in [7, 11) is 0. The fourth-order valence-electron chi connectivity index (χ4n) is 6.04. The molecule has 61 heavy (non-hydrogen) atoms. The van der Waals surface area contributed by atoms with Gasteiger partial charge in [0.15, 0.2) is 6.10 Å². The summed E-state index contributed by atoms with van der Waals surface area (Å²) < 4.78 is 16.7. The summed E-state index contributed by atoms with van der Waals surface area (Å²) >= 11 is 0. The van der Waals surface area contributed by atoms with E-state index < -0.39 is 6.10 Å². The highest BCUT2D eigenvalue weighted by molar-refractivity contribution is 5.71. The standard InChI is InChI=1S/C55H86O6/c1-4-7-10-13-16-19-22-25-28-31-33-36-39-42-45-48-54(57)60-51-52(61-55(58)49-46-43-40-37-34-30-27-24-21-18-15-12-9-6-3)50-59-53(56)47-44-41-38-35-32-29-26-23-20-17-14-11-8-5-2/h7-13,16-22,25,27-28,30-31,33,52H,4-6,14-15,23-24,26,29,32,34-51H2,1-3H3/b10-7-,11-8-,12-9-,16-13-,20-17-,21-18-,22-19-,28-25-,30-27-,33-31-. The predicted molar refractivity (Wildman–Crippen MR) is 260 cm³/mol. The molecule has 0 radical (unpaired) electrons. The first-order valence-electron chi connectivity index (χ1n) is 24.1. The Kier molecular flexibility index (Phi) is 45.1. The topological polar surface area (TPSA) is 78.9 Å². The maximum Gasteiger partial charge on any atom is 0.306 e. The minimum atomic E-state index is -0.813. The Morgan fingerprint density at radius 1 is 0.344 bits per heavy atom. The first-order chi connectivity index (χ1) is 30.0. The van der Waals surface area contributed by atoms with Crippen LogP contribution in [0.3, 0.4) is 0 Å². The SMILES string of the molecule is CC\C=C/C=C\C=C/C=C\C=C/CCCCCC(=O)OCC(COC(=O)CCCCCCCCC/C=C\C/C=C\CC)OC(=O)CCCCCC/C=C\C/C=C\C/C=C\CC. The van der Waals surface area contributed by atoms with E-state index in [4.69, 9.17) is 14.2 Å². The van der Waals surface area contributed by atoms with Crippen LogP contribution in [0.15, 0.2) is 122 Å². The Hall–Kier alpha value is -4.19. The first-order valence-corrected chi connectivity index (χ1v) is 24.1. The van der Waals surface area contributed by atoms with E-state index in [9.17, 15) is 14.4 Å². The van der Waals surface area contributed by atoms with Crippen LogP contribution in [-0.4, -0.2) is 37.2 Å². The van der Waals surface area contributed by atoms with Crippen molar-refractivity contribution in [3.05, 3.63) is 122 Å². The molecular weight excluding hydrogens is 757 g/mol. The van der Waals surface area contributed by atoms with Gasteiger partial charge >= 0.3 is 17.9 Å². The van der Waals surface area contributed by atoms with Gasteiger partial charge in [0.2, 0.25) is 0 Å². The van der Waals surface area contributed by atoms with Gasteiger partial charge in [-0.15, -0.1) is 0 Å². The number of carbonyl (C=O) groups excluding carboxylic acids is 3. The maximum atomic E-state index is 12.8. The first kappa shape index (κ1) is 56.8. The Bertz CT molecular complexity index is 1340. The van der Waals surface area contributed by atoms with Crippen LogP contribution in [0, 0.1) is 0 Å². The van der Waals surface area contributed by atoms with Crippen LogP contribution in [0.5, 0.6) is 0 Å². The number of allylic oxidation sites excluding steroid dienone is 20. The van der Waals surface area contributed by atoms with Crippen molar-refractivity contribution in [2.75, 3.05) is 13.2 Å². The van der Waals surface area contributed by atoms with Crippen molar-refractivity contribution < 1.29 is 28.6 Å². The van der Waals surface area contributed by atoms with Gasteiger partial charge in [0.1, 0.15) is 13.2 Å². The number of esters is 3. The number of ether oxygens (including phenoxy) is 3. The lowest BCUT2D eigenvalue weighted by molar-refractivity contribution is -0.167. The lowest BCUT2D eigenvalue weighted by atomic mass is 10.1. The van der Waals surface area contributed by atoms with E-state index in [1.54, 1.807) is 0 Å². The van der Waals surface area contributed by atoms with Crippen molar-refractivity contribution >= 4 is 17.9 Å². The van der Waals surface area contributed by atoms with Gasteiger partial charge in [-0.1, -0.05) is 194 Å². The number of rotatable bonds is 41. The monoisotopic (exact) mass is 843 g/mol. The Balaban J connectivity index is 4.54. The molecule has 0 saturated heterocycles. The van der Waals surface area contributed by atoms with E-state index in [2.05, 4.69) is 93.7 Å². The third-order valence-corrected chi connectivity index (χ3v) is 9.57. The van der Waals surface area contributed by atoms with E-state index in [-0.39, 0.29) is 37.5 Å². The summed E-state index contributed by atoms with van der Waals surface area (Å²) in [6.07, 6.45) is 66.1. The van der Waals surface area contributed by atoms with Crippen LogP contribution >= 0.6 is 0 Å². The average molecular weight is 843 g/mol. The molecule has 0 fully saturated rings. The van der Waals surface area contributed by atoms with Gasteiger partial charge in [-0.3, -0.25) is 14.4 Å². The molecule has 0 aromatic carbocycles. The number of carbonyl (C=O) groups is 3. The lowest BCUT2D eigenvalue weighted by Crippen LogP contribution is -2.30. The van der Waals surface area contributed by atoms with Crippen LogP contribution in [0.4, 0.5) is 0 Å². The van der Waals surface area contributed by atoms with Crippen molar-refractivity contribution in [3.8, 4) is 0 Å². The molecule has 0 rings (SSSR count). The Morgan fingerprint density at radius 2 is 0.672 bits per heavy atom. The molecule has 0 aliphatic heterocycles. The number of unbranched alkanes of at least 4 members (excludes halogenated alkanes) is 14. The minimum absolute atomic E-state index is 0.109. The summed E-state index contributed by atoms with van der Waals surface area (Å²) in [6, 6.07) is 0. The fourth-order valence-corrected chi connectivity index (χ4v) is 6.04. The van der Waals surface area contributed by atoms with Gasteiger partial charge in [-0.25, -0.2) is 0 Å². The molecule has 0 N–H and O–H groups in total. The van der Waals surface area contributed by atoms with Crippen LogP contribution in [0.2, 0.25) is 0 Å². The molecule has 0 saturated carbocycles. The van der Waals surface area contributed by atoms with Crippen molar-refractivity contribution in [1.82, 2.24) is 0 Å². The molecule has 0 aliphatic carbocycles. The van der Waals surface area contributed by atoms with Crippen LogP contribution in [0.25, 0.3) is 0 Å². The normalized spacial score (nSPS) is 13.2.